The summed E-state index contributed by atoms with van der Waals surface area (Å²) < 4.78 is 5.28. The first kappa shape index (κ1) is 19.8. The van der Waals surface area contributed by atoms with Gasteiger partial charge in [0.15, 0.2) is 5.69 Å². The van der Waals surface area contributed by atoms with Crippen molar-refractivity contribution in [3.05, 3.63) is 83.7 Å². The number of nitrogens with zero attached hydrogens (tertiary/aromatic N) is 3. The number of amides is 2. The van der Waals surface area contributed by atoms with Crippen molar-refractivity contribution < 1.29 is 14.0 Å². The van der Waals surface area contributed by atoms with E-state index in [0.29, 0.717) is 18.7 Å². The average Bonchev–Trinajstić information content (AvgIpc) is 3.27. The SMILES string of the molecule is O=C(Nc1nc(C(=O)N2CCN(CCc3ccccc3)CC2)co1)c1ccccc1. The van der Waals surface area contributed by atoms with Gasteiger partial charge in [0.2, 0.25) is 0 Å². The Morgan fingerprint density at radius 2 is 1.60 bits per heavy atom. The van der Waals surface area contributed by atoms with Crippen molar-refractivity contribution in [2.75, 3.05) is 38.0 Å². The van der Waals surface area contributed by atoms with E-state index in [0.717, 1.165) is 26.1 Å². The fourth-order valence-electron chi connectivity index (χ4n) is 3.46. The van der Waals surface area contributed by atoms with Crippen molar-refractivity contribution in [1.29, 1.82) is 0 Å². The van der Waals surface area contributed by atoms with Gasteiger partial charge in [-0.05, 0) is 24.1 Å². The zero-order chi connectivity index (χ0) is 20.8. The summed E-state index contributed by atoms with van der Waals surface area (Å²) in [5, 5.41) is 2.58. The number of rotatable bonds is 6. The van der Waals surface area contributed by atoms with Crippen LogP contribution in [0.4, 0.5) is 6.01 Å². The highest BCUT2D eigenvalue weighted by Crippen LogP contribution is 2.14. The second-order valence-corrected chi connectivity index (χ2v) is 7.23. The van der Waals surface area contributed by atoms with E-state index in [1.54, 1.807) is 29.2 Å². The normalized spacial score (nSPS) is 14.5. The van der Waals surface area contributed by atoms with Crippen molar-refractivity contribution >= 4 is 17.8 Å². The minimum atomic E-state index is -0.330. The number of carbonyl (C=O) groups is 2. The van der Waals surface area contributed by atoms with Gasteiger partial charge in [0.1, 0.15) is 6.26 Å². The molecule has 7 nitrogen and oxygen atoms in total. The topological polar surface area (TPSA) is 78.7 Å². The lowest BCUT2D eigenvalue weighted by Gasteiger charge is -2.34. The number of anilines is 1. The third kappa shape index (κ3) is 4.93. The molecule has 1 aromatic heterocycles. The summed E-state index contributed by atoms with van der Waals surface area (Å²) in [5.41, 5.74) is 2.02. The molecule has 0 radical (unpaired) electrons. The van der Waals surface area contributed by atoms with E-state index < -0.39 is 0 Å². The number of carbonyl (C=O) groups excluding carboxylic acids is 2. The molecule has 7 heteroatoms. The van der Waals surface area contributed by atoms with Gasteiger partial charge in [-0.2, -0.15) is 4.98 Å². The van der Waals surface area contributed by atoms with Crippen LogP contribution in [0.3, 0.4) is 0 Å². The molecule has 30 heavy (non-hydrogen) atoms. The smallest absolute Gasteiger partial charge is 0.302 e. The van der Waals surface area contributed by atoms with Gasteiger partial charge < -0.3 is 9.32 Å². The van der Waals surface area contributed by atoms with Crippen LogP contribution in [0.2, 0.25) is 0 Å². The molecule has 2 heterocycles. The molecule has 2 amide bonds. The predicted octanol–water partition coefficient (Wildman–Crippen LogP) is 2.93. The standard InChI is InChI=1S/C23H24N4O3/c28-21(19-9-5-2-6-10-19)25-23-24-20(17-30-23)22(29)27-15-13-26(14-16-27)12-11-18-7-3-1-4-8-18/h1-10,17H,11-16H2,(H,24,25,28). The van der Waals surface area contributed by atoms with Gasteiger partial charge in [-0.3, -0.25) is 19.8 Å². The summed E-state index contributed by atoms with van der Waals surface area (Å²) in [4.78, 5) is 33.2. The van der Waals surface area contributed by atoms with Crippen LogP contribution in [0, 0.1) is 0 Å². The van der Waals surface area contributed by atoms with Crippen LogP contribution in [0.25, 0.3) is 0 Å². The van der Waals surface area contributed by atoms with Gasteiger partial charge in [0.05, 0.1) is 0 Å². The molecule has 1 fully saturated rings. The third-order valence-electron chi connectivity index (χ3n) is 5.20. The van der Waals surface area contributed by atoms with Crippen molar-refractivity contribution in [3.63, 3.8) is 0 Å². The third-order valence-corrected chi connectivity index (χ3v) is 5.20. The molecule has 0 saturated carbocycles. The summed E-state index contributed by atoms with van der Waals surface area (Å²) in [6, 6.07) is 19.2. The molecule has 0 unspecified atom stereocenters. The lowest BCUT2D eigenvalue weighted by molar-refractivity contribution is 0.0632. The maximum absolute atomic E-state index is 12.7. The number of nitrogens with one attached hydrogen (secondary N) is 1. The van der Waals surface area contributed by atoms with Crippen LogP contribution in [-0.4, -0.2) is 59.3 Å². The number of aromatic nitrogens is 1. The lowest BCUT2D eigenvalue weighted by Crippen LogP contribution is -2.49. The lowest BCUT2D eigenvalue weighted by atomic mass is 10.1. The number of hydrogen-bond acceptors (Lipinski definition) is 5. The van der Waals surface area contributed by atoms with Gasteiger partial charge in [-0.25, -0.2) is 0 Å². The summed E-state index contributed by atoms with van der Waals surface area (Å²) >= 11 is 0. The van der Waals surface area contributed by atoms with Crippen LogP contribution < -0.4 is 5.32 Å². The van der Waals surface area contributed by atoms with E-state index in [-0.39, 0.29) is 23.5 Å². The zero-order valence-electron chi connectivity index (χ0n) is 16.7. The van der Waals surface area contributed by atoms with Crippen LogP contribution >= 0.6 is 0 Å². The highest BCUT2D eigenvalue weighted by molar-refractivity contribution is 6.03. The van der Waals surface area contributed by atoms with Crippen LogP contribution in [0.1, 0.15) is 26.4 Å². The van der Waals surface area contributed by atoms with E-state index >= 15 is 0 Å². The van der Waals surface area contributed by atoms with Gasteiger partial charge in [0, 0.05) is 38.3 Å². The molecule has 1 aliphatic rings. The maximum Gasteiger partial charge on any atom is 0.302 e. The molecular formula is C23H24N4O3. The Balaban J connectivity index is 1.27. The Labute approximate surface area is 175 Å². The van der Waals surface area contributed by atoms with Gasteiger partial charge in [-0.1, -0.05) is 48.5 Å². The molecule has 1 saturated heterocycles. The Morgan fingerprint density at radius 3 is 2.30 bits per heavy atom. The summed E-state index contributed by atoms with van der Waals surface area (Å²) in [6.45, 7) is 3.92. The average molecular weight is 404 g/mol. The Kier molecular flexibility index (Phi) is 6.20. The monoisotopic (exact) mass is 404 g/mol. The molecule has 0 atom stereocenters. The number of benzene rings is 2. The summed E-state index contributed by atoms with van der Waals surface area (Å²) in [7, 11) is 0. The molecular weight excluding hydrogens is 380 g/mol. The van der Waals surface area contributed by atoms with Crippen molar-refractivity contribution in [1.82, 2.24) is 14.8 Å². The van der Waals surface area contributed by atoms with Gasteiger partial charge >= 0.3 is 6.01 Å². The molecule has 0 spiro atoms. The summed E-state index contributed by atoms with van der Waals surface area (Å²) in [6.07, 6.45) is 2.30. The fourth-order valence-corrected chi connectivity index (χ4v) is 3.46. The molecule has 1 aliphatic heterocycles. The van der Waals surface area contributed by atoms with E-state index in [1.807, 2.05) is 12.1 Å². The van der Waals surface area contributed by atoms with Gasteiger partial charge in [-0.15, -0.1) is 0 Å². The van der Waals surface area contributed by atoms with Crippen LogP contribution in [-0.2, 0) is 6.42 Å². The molecule has 0 aliphatic carbocycles. The van der Waals surface area contributed by atoms with Crippen molar-refractivity contribution in [2.45, 2.75) is 6.42 Å². The number of piperazine rings is 1. The second-order valence-electron chi connectivity index (χ2n) is 7.23. The highest BCUT2D eigenvalue weighted by Gasteiger charge is 2.24. The molecule has 154 valence electrons. The molecule has 1 N–H and O–H groups in total. The first-order chi connectivity index (χ1) is 14.7. The largest absolute Gasteiger partial charge is 0.431 e. The molecule has 3 aromatic rings. The highest BCUT2D eigenvalue weighted by atomic mass is 16.4. The molecule has 4 rings (SSSR count). The minimum absolute atomic E-state index is 0.0219. The van der Waals surface area contributed by atoms with E-state index in [4.69, 9.17) is 4.42 Å². The Morgan fingerprint density at radius 1 is 0.933 bits per heavy atom. The fraction of sp³-hybridized carbons (Fsp3) is 0.261. The Bertz CT molecular complexity index is 980. The van der Waals surface area contributed by atoms with E-state index in [1.165, 1.54) is 11.8 Å². The molecule has 2 aromatic carbocycles. The molecule has 0 bridgehead atoms. The number of hydrogen-bond donors (Lipinski definition) is 1. The van der Waals surface area contributed by atoms with E-state index in [9.17, 15) is 9.59 Å². The minimum Gasteiger partial charge on any atom is -0.431 e. The quantitative estimate of drug-likeness (QED) is 0.683. The first-order valence-electron chi connectivity index (χ1n) is 10.1. The zero-order valence-corrected chi connectivity index (χ0v) is 16.7. The van der Waals surface area contributed by atoms with Crippen LogP contribution in [0.15, 0.2) is 71.3 Å². The van der Waals surface area contributed by atoms with Crippen LogP contribution in [0.5, 0.6) is 0 Å². The maximum atomic E-state index is 12.7. The predicted molar refractivity (Wildman–Crippen MR) is 113 cm³/mol. The van der Waals surface area contributed by atoms with Crippen molar-refractivity contribution in [2.24, 2.45) is 0 Å². The Hall–Kier alpha value is -3.45. The number of oxazole rings is 1. The van der Waals surface area contributed by atoms with E-state index in [2.05, 4.69) is 39.5 Å². The second kappa shape index (κ2) is 9.37. The van der Waals surface area contributed by atoms with Gasteiger partial charge in [0.25, 0.3) is 11.8 Å². The van der Waals surface area contributed by atoms with Crippen molar-refractivity contribution in [3.8, 4) is 0 Å². The first-order valence-corrected chi connectivity index (χ1v) is 10.1. The summed E-state index contributed by atoms with van der Waals surface area (Å²) in [5.74, 6) is -0.509.